The van der Waals surface area contributed by atoms with Gasteiger partial charge in [-0.15, -0.1) is 10.2 Å². The van der Waals surface area contributed by atoms with Gasteiger partial charge in [-0.3, -0.25) is 4.98 Å². The highest BCUT2D eigenvalue weighted by atomic mass is 79.9. The summed E-state index contributed by atoms with van der Waals surface area (Å²) in [7, 11) is 0. The number of hydrogen-bond donors (Lipinski definition) is 1. The first-order valence-corrected chi connectivity index (χ1v) is 10.8. The van der Waals surface area contributed by atoms with Crippen LogP contribution in [-0.2, 0) is 6.54 Å². The van der Waals surface area contributed by atoms with E-state index in [9.17, 15) is 5.11 Å². The summed E-state index contributed by atoms with van der Waals surface area (Å²) in [6.45, 7) is 0.525. The molecule has 5 rings (SSSR count). The monoisotopic (exact) mass is 490 g/mol. The molecule has 0 bridgehead atoms. The highest BCUT2D eigenvalue weighted by molar-refractivity contribution is 9.10. The van der Waals surface area contributed by atoms with Gasteiger partial charge in [0, 0.05) is 26.5 Å². The van der Waals surface area contributed by atoms with Crippen LogP contribution in [0.2, 0.25) is 5.02 Å². The molecule has 1 N–H and O–H groups in total. The van der Waals surface area contributed by atoms with Gasteiger partial charge >= 0.3 is 0 Å². The predicted octanol–water partition coefficient (Wildman–Crippen LogP) is 7.77. The molecule has 0 saturated heterocycles. The Labute approximate surface area is 191 Å². The Bertz CT molecular complexity index is 1450. The lowest BCUT2D eigenvalue weighted by Gasteiger charge is -2.07. The molecule has 0 fully saturated rings. The first-order valence-electron chi connectivity index (χ1n) is 9.61. The summed E-state index contributed by atoms with van der Waals surface area (Å²) in [6, 6.07) is 23.1. The Hall–Kier alpha value is -3.22. The number of rotatable bonds is 4. The van der Waals surface area contributed by atoms with E-state index in [0.29, 0.717) is 22.9 Å². The van der Waals surface area contributed by atoms with Gasteiger partial charge in [-0.2, -0.15) is 0 Å². The molecule has 0 spiro atoms. The predicted molar refractivity (Wildman–Crippen MR) is 128 cm³/mol. The topological polar surface area (TPSA) is 62.8 Å². The Morgan fingerprint density at radius 1 is 0.935 bits per heavy atom. The van der Waals surface area contributed by atoms with E-state index in [0.717, 1.165) is 31.8 Å². The second-order valence-corrected chi connectivity index (χ2v) is 8.45. The van der Waals surface area contributed by atoms with E-state index in [2.05, 4.69) is 31.1 Å². The van der Waals surface area contributed by atoms with Gasteiger partial charge in [0.25, 0.3) is 0 Å². The van der Waals surface area contributed by atoms with E-state index in [1.165, 1.54) is 0 Å². The molecule has 3 aromatic carbocycles. The van der Waals surface area contributed by atoms with Crippen LogP contribution in [0.15, 0.2) is 93.7 Å². The van der Waals surface area contributed by atoms with Gasteiger partial charge < -0.3 is 9.67 Å². The third-order valence-electron chi connectivity index (χ3n) is 5.09. The Morgan fingerprint density at radius 3 is 2.61 bits per heavy atom. The molecule has 0 radical (unpaired) electrons. The van der Waals surface area contributed by atoms with Crippen LogP contribution in [0.4, 0.5) is 11.4 Å². The van der Waals surface area contributed by atoms with E-state index >= 15 is 0 Å². The minimum absolute atomic E-state index is 0.0714. The number of nitrogens with zero attached hydrogens (tertiary/aromatic N) is 4. The van der Waals surface area contributed by atoms with Crippen molar-refractivity contribution >= 4 is 60.7 Å². The van der Waals surface area contributed by atoms with Crippen LogP contribution in [0, 0.1) is 0 Å². The van der Waals surface area contributed by atoms with Gasteiger partial charge in [0.15, 0.2) is 5.69 Å². The van der Waals surface area contributed by atoms with Gasteiger partial charge in [-0.1, -0.05) is 57.9 Å². The minimum atomic E-state index is 0.0714. The zero-order valence-corrected chi connectivity index (χ0v) is 18.5. The lowest BCUT2D eigenvalue weighted by molar-refractivity contribution is 0.429. The van der Waals surface area contributed by atoms with Gasteiger partial charge in [-0.25, -0.2) is 0 Å². The molecular formula is C24H16BrClN4O. The van der Waals surface area contributed by atoms with Crippen molar-refractivity contribution in [2.45, 2.75) is 6.54 Å². The van der Waals surface area contributed by atoms with E-state index in [-0.39, 0.29) is 5.88 Å². The molecule has 5 nitrogen and oxygen atoms in total. The molecule has 2 heterocycles. The average Bonchev–Trinajstić information content (AvgIpc) is 3.03. The third kappa shape index (κ3) is 3.80. The first kappa shape index (κ1) is 19.7. The van der Waals surface area contributed by atoms with E-state index in [1.807, 2.05) is 59.2 Å². The first-order chi connectivity index (χ1) is 15.1. The van der Waals surface area contributed by atoms with Gasteiger partial charge in [-0.05, 0) is 48.0 Å². The molecule has 2 aromatic heterocycles. The summed E-state index contributed by atoms with van der Waals surface area (Å²) in [4.78, 5) is 4.34. The van der Waals surface area contributed by atoms with E-state index in [1.54, 1.807) is 24.4 Å². The molecule has 0 saturated carbocycles. The van der Waals surface area contributed by atoms with Crippen molar-refractivity contribution in [2.75, 3.05) is 0 Å². The van der Waals surface area contributed by atoms with Crippen LogP contribution in [-0.4, -0.2) is 14.7 Å². The van der Waals surface area contributed by atoms with Crippen molar-refractivity contribution in [3.05, 3.63) is 94.1 Å². The number of hydrogen-bond acceptors (Lipinski definition) is 4. The van der Waals surface area contributed by atoms with Crippen LogP contribution in [0.1, 0.15) is 5.56 Å². The fourth-order valence-corrected chi connectivity index (χ4v) is 4.14. The van der Waals surface area contributed by atoms with E-state index < -0.39 is 0 Å². The molecule has 0 atom stereocenters. The summed E-state index contributed by atoms with van der Waals surface area (Å²) in [6.07, 6.45) is 1.67. The lowest BCUT2D eigenvalue weighted by Crippen LogP contribution is -1.98. The number of aromatic nitrogens is 2. The average molecular weight is 492 g/mol. The zero-order chi connectivity index (χ0) is 21.4. The molecule has 5 aromatic rings. The largest absolute Gasteiger partial charge is 0.493 e. The molecule has 0 unspecified atom stereocenters. The van der Waals surface area contributed by atoms with Crippen LogP contribution in [0.5, 0.6) is 5.88 Å². The maximum atomic E-state index is 11.1. The SMILES string of the molecule is Oc1c(N=Nc2ccnc3cc(Cl)ccc23)c2cc(Br)ccc2n1Cc1ccccc1. The summed E-state index contributed by atoms with van der Waals surface area (Å²) < 4.78 is 2.74. The van der Waals surface area contributed by atoms with Crippen molar-refractivity contribution in [3.63, 3.8) is 0 Å². The summed E-state index contributed by atoms with van der Waals surface area (Å²) >= 11 is 9.60. The van der Waals surface area contributed by atoms with Crippen molar-refractivity contribution in [1.82, 2.24) is 9.55 Å². The molecule has 0 aliphatic rings. The van der Waals surface area contributed by atoms with Crippen LogP contribution in [0.3, 0.4) is 0 Å². The third-order valence-corrected chi connectivity index (χ3v) is 5.82. The number of halogens is 2. The second-order valence-electron chi connectivity index (χ2n) is 7.10. The maximum Gasteiger partial charge on any atom is 0.221 e. The second kappa shape index (κ2) is 8.13. The van der Waals surface area contributed by atoms with E-state index in [4.69, 9.17) is 11.6 Å². The Morgan fingerprint density at radius 2 is 1.77 bits per heavy atom. The fraction of sp³-hybridized carbons (Fsp3) is 0.0417. The summed E-state index contributed by atoms with van der Waals surface area (Å²) in [5.74, 6) is 0.0714. The lowest BCUT2D eigenvalue weighted by atomic mass is 10.2. The van der Waals surface area contributed by atoms with Crippen molar-refractivity contribution < 1.29 is 5.11 Å². The van der Waals surface area contributed by atoms with Crippen molar-refractivity contribution in [1.29, 1.82) is 0 Å². The standard InChI is InChI=1S/C24H16BrClN4O/c25-16-6-9-22-19(12-16)23(24(31)30(22)14-15-4-2-1-3-5-15)29-28-20-10-11-27-21-13-17(26)7-8-18(20)21/h1-13,31H,14H2. The smallest absolute Gasteiger partial charge is 0.221 e. The fourth-order valence-electron chi connectivity index (χ4n) is 3.62. The Kier molecular flexibility index (Phi) is 5.18. The summed E-state index contributed by atoms with van der Waals surface area (Å²) in [5, 5.41) is 22.2. The summed E-state index contributed by atoms with van der Waals surface area (Å²) in [5.41, 5.74) is 3.77. The number of fused-ring (bicyclic) bond motifs is 2. The van der Waals surface area contributed by atoms with Crippen LogP contribution in [0.25, 0.3) is 21.8 Å². The molecule has 0 amide bonds. The van der Waals surface area contributed by atoms with Crippen LogP contribution >= 0.6 is 27.5 Å². The van der Waals surface area contributed by atoms with Crippen molar-refractivity contribution in [2.24, 2.45) is 10.2 Å². The van der Waals surface area contributed by atoms with Gasteiger partial charge in [0.1, 0.15) is 0 Å². The zero-order valence-electron chi connectivity index (χ0n) is 16.2. The normalized spacial score (nSPS) is 11.7. The number of pyridine rings is 1. The molecule has 31 heavy (non-hydrogen) atoms. The van der Waals surface area contributed by atoms with Gasteiger partial charge in [0.2, 0.25) is 5.88 Å². The molecule has 0 aliphatic heterocycles. The van der Waals surface area contributed by atoms with Gasteiger partial charge in [0.05, 0.1) is 23.3 Å². The minimum Gasteiger partial charge on any atom is -0.493 e. The molecular weight excluding hydrogens is 476 g/mol. The molecule has 7 heteroatoms. The quantitative estimate of drug-likeness (QED) is 0.261. The Balaban J connectivity index is 1.63. The number of benzene rings is 3. The number of azo groups is 1. The molecule has 152 valence electrons. The molecule has 0 aliphatic carbocycles. The highest BCUT2D eigenvalue weighted by Crippen LogP contribution is 2.41. The highest BCUT2D eigenvalue weighted by Gasteiger charge is 2.17. The maximum absolute atomic E-state index is 11.1. The number of aromatic hydroxyl groups is 1. The van der Waals surface area contributed by atoms with Crippen molar-refractivity contribution in [3.8, 4) is 5.88 Å². The van der Waals surface area contributed by atoms with Crippen LogP contribution < -0.4 is 0 Å².